The van der Waals surface area contributed by atoms with E-state index in [4.69, 9.17) is 0 Å². The number of aromatic nitrogens is 1. The summed E-state index contributed by atoms with van der Waals surface area (Å²) in [5, 5.41) is 10.6. The van der Waals surface area contributed by atoms with E-state index in [9.17, 15) is 18.9 Å². The van der Waals surface area contributed by atoms with Crippen LogP contribution in [0.2, 0.25) is 0 Å². The quantitative estimate of drug-likeness (QED) is 0.486. The molecule has 82 valence electrons. The van der Waals surface area contributed by atoms with Gasteiger partial charge in [0.25, 0.3) is 12.1 Å². The summed E-state index contributed by atoms with van der Waals surface area (Å²) in [6.45, 7) is 1.40. The molecule has 0 bridgehead atoms. The minimum Gasteiger partial charge on any atom is -0.258 e. The highest BCUT2D eigenvalue weighted by Gasteiger charge is 2.24. The molecule has 0 saturated heterocycles. The number of aryl methyl sites for hydroxylation is 1. The molecule has 7 heteroatoms. The fourth-order valence-corrected chi connectivity index (χ4v) is 1.84. The molecule has 1 rings (SSSR count). The molecule has 0 amide bonds. The van der Waals surface area contributed by atoms with Crippen LogP contribution in [0.5, 0.6) is 0 Å². The molecule has 0 unspecified atom stereocenters. The fourth-order valence-electron chi connectivity index (χ4n) is 1.25. The lowest BCUT2D eigenvalue weighted by molar-refractivity contribution is -0.385. The van der Waals surface area contributed by atoms with Crippen molar-refractivity contribution in [1.82, 2.24) is 4.98 Å². The zero-order chi connectivity index (χ0) is 11.6. The van der Waals surface area contributed by atoms with Crippen LogP contribution in [0.4, 0.5) is 14.5 Å². The highest BCUT2D eigenvalue weighted by Crippen LogP contribution is 2.32. The summed E-state index contributed by atoms with van der Waals surface area (Å²) in [5.41, 5.74) is -0.638. The van der Waals surface area contributed by atoms with Crippen molar-refractivity contribution in [2.75, 3.05) is 0 Å². The van der Waals surface area contributed by atoms with E-state index in [0.717, 1.165) is 6.20 Å². The highest BCUT2D eigenvalue weighted by atomic mass is 79.9. The van der Waals surface area contributed by atoms with Gasteiger partial charge < -0.3 is 0 Å². The number of hydrogen-bond acceptors (Lipinski definition) is 3. The van der Waals surface area contributed by atoms with Crippen LogP contribution in [0.1, 0.15) is 23.2 Å². The number of hydrogen-bond donors (Lipinski definition) is 0. The van der Waals surface area contributed by atoms with Crippen molar-refractivity contribution in [3.8, 4) is 0 Å². The van der Waals surface area contributed by atoms with Crippen molar-refractivity contribution in [3.05, 3.63) is 33.1 Å². The third-order valence-electron chi connectivity index (χ3n) is 1.95. The molecular weight excluding hydrogens is 274 g/mol. The fraction of sp³-hybridized carbons (Fsp3) is 0.375. The molecule has 0 aromatic carbocycles. The Labute approximate surface area is 92.6 Å². The molecule has 15 heavy (non-hydrogen) atoms. The Hall–Kier alpha value is -1.11. The van der Waals surface area contributed by atoms with Gasteiger partial charge in [0.15, 0.2) is 0 Å². The number of rotatable bonds is 3. The van der Waals surface area contributed by atoms with Crippen LogP contribution < -0.4 is 0 Å². The molecule has 0 atom stereocenters. The molecule has 1 aromatic heterocycles. The molecule has 0 aliphatic rings. The van der Waals surface area contributed by atoms with Gasteiger partial charge in [-0.2, -0.15) is 0 Å². The summed E-state index contributed by atoms with van der Waals surface area (Å²) in [7, 11) is 0. The minimum absolute atomic E-state index is 0.00630. The Morgan fingerprint density at radius 1 is 1.67 bits per heavy atom. The maximum absolute atomic E-state index is 12.6. The maximum Gasteiger partial charge on any atom is 0.292 e. The zero-order valence-electron chi connectivity index (χ0n) is 7.71. The van der Waals surface area contributed by atoms with Crippen molar-refractivity contribution in [3.63, 3.8) is 0 Å². The number of halogens is 3. The summed E-state index contributed by atoms with van der Waals surface area (Å²) in [5.74, 6) is 0. The standard InChI is InChI=1S/C8H7BrF2N2O2/c1-4-7(8(10)11)5(2-9)6(3-12-4)13(14)15/h3,8H,2H2,1H3. The van der Waals surface area contributed by atoms with Gasteiger partial charge in [-0.25, -0.2) is 8.78 Å². The first-order valence-electron chi connectivity index (χ1n) is 3.96. The average molecular weight is 281 g/mol. The molecule has 1 aromatic rings. The summed E-state index contributed by atoms with van der Waals surface area (Å²) < 4.78 is 25.3. The molecule has 0 fully saturated rings. The largest absolute Gasteiger partial charge is 0.292 e. The van der Waals surface area contributed by atoms with Gasteiger partial charge in [-0.1, -0.05) is 15.9 Å². The third kappa shape index (κ3) is 2.28. The van der Waals surface area contributed by atoms with E-state index in [1.54, 1.807) is 0 Å². The Bertz CT molecular complexity index is 398. The monoisotopic (exact) mass is 280 g/mol. The van der Waals surface area contributed by atoms with Crippen LogP contribution in [-0.4, -0.2) is 9.91 Å². The van der Waals surface area contributed by atoms with Crippen LogP contribution in [-0.2, 0) is 5.33 Å². The van der Waals surface area contributed by atoms with Gasteiger partial charge in [-0.05, 0) is 6.92 Å². The first-order chi connectivity index (χ1) is 6.99. The molecule has 0 saturated carbocycles. The van der Waals surface area contributed by atoms with Crippen molar-refractivity contribution in [1.29, 1.82) is 0 Å². The third-order valence-corrected chi connectivity index (χ3v) is 2.51. The average Bonchev–Trinajstić information content (AvgIpc) is 2.15. The van der Waals surface area contributed by atoms with E-state index in [0.29, 0.717) is 0 Å². The minimum atomic E-state index is -2.76. The number of pyridine rings is 1. The molecule has 1 heterocycles. The Kier molecular flexibility index (Phi) is 3.67. The van der Waals surface area contributed by atoms with E-state index in [1.165, 1.54) is 6.92 Å². The number of nitrogens with zero attached hydrogens (tertiary/aromatic N) is 2. The normalized spacial score (nSPS) is 10.7. The molecule has 0 aliphatic carbocycles. The maximum atomic E-state index is 12.6. The Balaban J connectivity index is 3.47. The highest BCUT2D eigenvalue weighted by molar-refractivity contribution is 9.08. The molecule has 0 radical (unpaired) electrons. The second-order valence-electron chi connectivity index (χ2n) is 2.81. The lowest BCUT2D eigenvalue weighted by Gasteiger charge is -2.09. The predicted octanol–water partition coefficient (Wildman–Crippen LogP) is 3.13. The smallest absolute Gasteiger partial charge is 0.258 e. The summed E-state index contributed by atoms with van der Waals surface area (Å²) >= 11 is 2.96. The van der Waals surface area contributed by atoms with E-state index in [-0.39, 0.29) is 27.8 Å². The van der Waals surface area contributed by atoms with Crippen LogP contribution in [0, 0.1) is 17.0 Å². The van der Waals surface area contributed by atoms with Crippen LogP contribution >= 0.6 is 15.9 Å². The van der Waals surface area contributed by atoms with Gasteiger partial charge in [0, 0.05) is 16.6 Å². The van der Waals surface area contributed by atoms with E-state index >= 15 is 0 Å². The van der Waals surface area contributed by atoms with Crippen molar-refractivity contribution in [2.45, 2.75) is 18.7 Å². The van der Waals surface area contributed by atoms with E-state index < -0.39 is 11.3 Å². The number of nitro groups is 1. The predicted molar refractivity (Wildman–Crippen MR) is 53.2 cm³/mol. The summed E-state index contributed by atoms with van der Waals surface area (Å²) in [4.78, 5) is 13.4. The van der Waals surface area contributed by atoms with Gasteiger partial charge in [0.2, 0.25) is 0 Å². The molecule has 0 N–H and O–H groups in total. The molecule has 4 nitrogen and oxygen atoms in total. The Morgan fingerprint density at radius 3 is 2.67 bits per heavy atom. The van der Waals surface area contributed by atoms with Crippen LogP contribution in [0.3, 0.4) is 0 Å². The molecule has 0 aliphatic heterocycles. The first-order valence-corrected chi connectivity index (χ1v) is 5.08. The summed E-state index contributed by atoms with van der Waals surface area (Å²) in [6.07, 6.45) is -1.76. The van der Waals surface area contributed by atoms with Crippen LogP contribution in [0.25, 0.3) is 0 Å². The molecule has 0 spiro atoms. The van der Waals surface area contributed by atoms with Gasteiger partial charge in [0.05, 0.1) is 10.5 Å². The zero-order valence-corrected chi connectivity index (χ0v) is 9.29. The summed E-state index contributed by atoms with van der Waals surface area (Å²) in [6, 6.07) is 0. The lowest BCUT2D eigenvalue weighted by Crippen LogP contribution is -2.03. The second kappa shape index (κ2) is 4.61. The van der Waals surface area contributed by atoms with Crippen molar-refractivity contribution < 1.29 is 13.7 Å². The van der Waals surface area contributed by atoms with Gasteiger partial charge >= 0.3 is 0 Å². The topological polar surface area (TPSA) is 56.0 Å². The first kappa shape index (κ1) is 12.0. The molecular formula is C8H7BrF2N2O2. The van der Waals surface area contributed by atoms with E-state index in [2.05, 4.69) is 20.9 Å². The van der Waals surface area contributed by atoms with Gasteiger partial charge in [-0.3, -0.25) is 15.1 Å². The van der Waals surface area contributed by atoms with Gasteiger partial charge in [-0.15, -0.1) is 0 Å². The SMILES string of the molecule is Cc1ncc([N+](=O)[O-])c(CBr)c1C(F)F. The second-order valence-corrected chi connectivity index (χ2v) is 3.37. The van der Waals surface area contributed by atoms with Crippen molar-refractivity contribution >= 4 is 21.6 Å². The van der Waals surface area contributed by atoms with Gasteiger partial charge in [0.1, 0.15) is 6.20 Å². The van der Waals surface area contributed by atoms with Crippen molar-refractivity contribution in [2.24, 2.45) is 0 Å². The Morgan fingerprint density at radius 2 is 2.27 bits per heavy atom. The number of alkyl halides is 3. The van der Waals surface area contributed by atoms with Crippen LogP contribution in [0.15, 0.2) is 6.20 Å². The lowest BCUT2D eigenvalue weighted by atomic mass is 10.1. The van der Waals surface area contributed by atoms with E-state index in [1.807, 2.05) is 0 Å².